The fourth-order valence-electron chi connectivity index (χ4n) is 1.80. The fourth-order valence-corrected chi connectivity index (χ4v) is 1.80. The minimum Gasteiger partial charge on any atom is -0.350 e. The molecule has 1 aliphatic heterocycles. The molecule has 1 unspecified atom stereocenters. The highest BCUT2D eigenvalue weighted by Gasteiger charge is 2.19. The van der Waals surface area contributed by atoms with Gasteiger partial charge < -0.3 is 15.2 Å². The van der Waals surface area contributed by atoms with Gasteiger partial charge in [0, 0.05) is 12.5 Å². The Labute approximate surface area is 94.3 Å². The largest absolute Gasteiger partial charge is 0.350 e. The lowest BCUT2D eigenvalue weighted by atomic mass is 10.0. The lowest BCUT2D eigenvalue weighted by Gasteiger charge is -2.15. The fraction of sp³-hybridized carbons (Fsp3) is 0.500. The number of benzene rings is 1. The molecule has 0 aliphatic carbocycles. The van der Waals surface area contributed by atoms with Crippen molar-refractivity contribution < 1.29 is 13.9 Å². The van der Waals surface area contributed by atoms with Crippen molar-refractivity contribution in [3.63, 3.8) is 0 Å². The molecule has 0 bridgehead atoms. The van der Waals surface area contributed by atoms with E-state index in [4.69, 9.17) is 15.2 Å². The van der Waals surface area contributed by atoms with E-state index in [9.17, 15) is 4.39 Å². The van der Waals surface area contributed by atoms with Gasteiger partial charge in [0.1, 0.15) is 5.82 Å². The predicted octanol–water partition coefficient (Wildman–Crippen LogP) is 1.46. The number of ether oxygens (including phenoxy) is 2. The minimum atomic E-state index is -0.222. The van der Waals surface area contributed by atoms with Crippen molar-refractivity contribution in [3.8, 4) is 0 Å². The SMILES string of the molecule is NC(Cc1ccc(F)cc1)CC1OCCO1. The zero-order valence-electron chi connectivity index (χ0n) is 9.06. The van der Waals surface area contributed by atoms with Gasteiger partial charge in [0.25, 0.3) is 0 Å². The van der Waals surface area contributed by atoms with Gasteiger partial charge in [-0.3, -0.25) is 0 Å². The van der Waals surface area contributed by atoms with Gasteiger partial charge >= 0.3 is 0 Å². The molecule has 3 nitrogen and oxygen atoms in total. The Hall–Kier alpha value is -0.970. The second-order valence-electron chi connectivity index (χ2n) is 4.00. The first-order valence-corrected chi connectivity index (χ1v) is 5.47. The van der Waals surface area contributed by atoms with Crippen LogP contribution in [0.5, 0.6) is 0 Å². The summed E-state index contributed by atoms with van der Waals surface area (Å²) in [5.74, 6) is -0.222. The molecule has 1 aliphatic rings. The van der Waals surface area contributed by atoms with Crippen LogP contribution in [-0.2, 0) is 15.9 Å². The molecule has 0 spiro atoms. The van der Waals surface area contributed by atoms with Crippen LogP contribution >= 0.6 is 0 Å². The van der Waals surface area contributed by atoms with E-state index >= 15 is 0 Å². The summed E-state index contributed by atoms with van der Waals surface area (Å²) in [6, 6.07) is 6.39. The van der Waals surface area contributed by atoms with E-state index in [-0.39, 0.29) is 18.1 Å². The Balaban J connectivity index is 1.81. The van der Waals surface area contributed by atoms with Gasteiger partial charge in [-0.15, -0.1) is 0 Å². The van der Waals surface area contributed by atoms with Gasteiger partial charge in [0.2, 0.25) is 0 Å². The maximum absolute atomic E-state index is 12.7. The zero-order valence-corrected chi connectivity index (χ0v) is 9.06. The lowest BCUT2D eigenvalue weighted by Crippen LogP contribution is -2.28. The Bertz CT molecular complexity index is 322. The number of halogens is 1. The Morgan fingerprint density at radius 2 is 1.88 bits per heavy atom. The van der Waals surface area contributed by atoms with E-state index in [2.05, 4.69) is 0 Å². The summed E-state index contributed by atoms with van der Waals surface area (Å²) in [7, 11) is 0. The summed E-state index contributed by atoms with van der Waals surface area (Å²) in [5.41, 5.74) is 7.00. The summed E-state index contributed by atoms with van der Waals surface area (Å²) in [6.07, 6.45) is 1.22. The van der Waals surface area contributed by atoms with Gasteiger partial charge in [0.05, 0.1) is 13.2 Å². The van der Waals surface area contributed by atoms with Crippen LogP contribution in [0.4, 0.5) is 4.39 Å². The monoisotopic (exact) mass is 225 g/mol. The highest BCUT2D eigenvalue weighted by Crippen LogP contribution is 2.13. The molecule has 2 N–H and O–H groups in total. The lowest BCUT2D eigenvalue weighted by molar-refractivity contribution is -0.0504. The molecular formula is C12H16FNO2. The van der Waals surface area contributed by atoms with Gasteiger partial charge in [0.15, 0.2) is 6.29 Å². The molecule has 1 aromatic carbocycles. The summed E-state index contributed by atoms with van der Waals surface area (Å²) in [5, 5.41) is 0. The smallest absolute Gasteiger partial charge is 0.159 e. The zero-order chi connectivity index (χ0) is 11.4. The number of nitrogens with two attached hydrogens (primary N) is 1. The van der Waals surface area contributed by atoms with Gasteiger partial charge in [-0.25, -0.2) is 4.39 Å². The second-order valence-corrected chi connectivity index (χ2v) is 4.00. The van der Waals surface area contributed by atoms with Crippen LogP contribution in [0.1, 0.15) is 12.0 Å². The average molecular weight is 225 g/mol. The first-order valence-electron chi connectivity index (χ1n) is 5.47. The van der Waals surface area contributed by atoms with Crippen LogP contribution in [0.15, 0.2) is 24.3 Å². The highest BCUT2D eigenvalue weighted by atomic mass is 19.1. The van der Waals surface area contributed by atoms with Crippen molar-refractivity contribution in [1.29, 1.82) is 0 Å². The number of rotatable bonds is 4. The Kier molecular flexibility index (Phi) is 3.88. The van der Waals surface area contributed by atoms with Gasteiger partial charge in [-0.05, 0) is 24.1 Å². The van der Waals surface area contributed by atoms with E-state index in [0.29, 0.717) is 26.1 Å². The topological polar surface area (TPSA) is 44.5 Å². The number of hydrogen-bond donors (Lipinski definition) is 1. The predicted molar refractivity (Wildman–Crippen MR) is 58.4 cm³/mol. The Morgan fingerprint density at radius 3 is 2.50 bits per heavy atom. The maximum Gasteiger partial charge on any atom is 0.159 e. The number of hydrogen-bond acceptors (Lipinski definition) is 3. The third kappa shape index (κ3) is 3.27. The van der Waals surface area contributed by atoms with Crippen molar-refractivity contribution in [1.82, 2.24) is 0 Å². The molecule has 1 atom stereocenters. The second kappa shape index (κ2) is 5.39. The molecule has 88 valence electrons. The third-order valence-electron chi connectivity index (χ3n) is 2.60. The first kappa shape index (κ1) is 11.5. The van der Waals surface area contributed by atoms with E-state index in [1.807, 2.05) is 0 Å². The van der Waals surface area contributed by atoms with Crippen molar-refractivity contribution in [2.45, 2.75) is 25.2 Å². The summed E-state index contributed by atoms with van der Waals surface area (Å²) < 4.78 is 23.3. The molecule has 4 heteroatoms. The summed E-state index contributed by atoms with van der Waals surface area (Å²) in [6.45, 7) is 1.29. The first-order chi connectivity index (χ1) is 7.74. The van der Waals surface area contributed by atoms with Crippen LogP contribution in [0.25, 0.3) is 0 Å². The molecule has 0 radical (unpaired) electrons. The molecule has 1 fully saturated rings. The molecule has 1 heterocycles. The molecule has 0 saturated carbocycles. The van der Waals surface area contributed by atoms with Crippen LogP contribution in [0.2, 0.25) is 0 Å². The van der Waals surface area contributed by atoms with Crippen LogP contribution in [0, 0.1) is 5.82 Å². The van der Waals surface area contributed by atoms with Crippen LogP contribution in [0.3, 0.4) is 0 Å². The average Bonchev–Trinajstić information content (AvgIpc) is 2.74. The maximum atomic E-state index is 12.7. The third-order valence-corrected chi connectivity index (χ3v) is 2.60. The van der Waals surface area contributed by atoms with E-state index in [0.717, 1.165) is 5.56 Å². The Morgan fingerprint density at radius 1 is 1.25 bits per heavy atom. The van der Waals surface area contributed by atoms with Crippen molar-refractivity contribution in [2.24, 2.45) is 5.73 Å². The molecule has 16 heavy (non-hydrogen) atoms. The molecule has 0 aromatic heterocycles. The molecule has 2 rings (SSSR count). The summed E-state index contributed by atoms with van der Waals surface area (Å²) in [4.78, 5) is 0. The molecular weight excluding hydrogens is 209 g/mol. The van der Waals surface area contributed by atoms with Crippen molar-refractivity contribution in [3.05, 3.63) is 35.6 Å². The van der Waals surface area contributed by atoms with E-state index < -0.39 is 0 Å². The molecule has 1 aromatic rings. The van der Waals surface area contributed by atoms with Gasteiger partial charge in [-0.1, -0.05) is 12.1 Å². The van der Waals surface area contributed by atoms with Crippen LogP contribution < -0.4 is 5.73 Å². The minimum absolute atomic E-state index is 0.0199. The molecule has 1 saturated heterocycles. The van der Waals surface area contributed by atoms with Crippen LogP contribution in [-0.4, -0.2) is 25.5 Å². The van der Waals surface area contributed by atoms with Crippen molar-refractivity contribution >= 4 is 0 Å². The normalized spacial score (nSPS) is 18.9. The van der Waals surface area contributed by atoms with Crippen molar-refractivity contribution in [2.75, 3.05) is 13.2 Å². The summed E-state index contributed by atoms with van der Waals surface area (Å²) >= 11 is 0. The standard InChI is InChI=1S/C12H16FNO2/c13-10-3-1-9(2-4-10)7-11(14)8-12-15-5-6-16-12/h1-4,11-12H,5-8,14H2. The van der Waals surface area contributed by atoms with Gasteiger partial charge in [-0.2, -0.15) is 0 Å². The molecule has 0 amide bonds. The highest BCUT2D eigenvalue weighted by molar-refractivity contribution is 5.17. The van der Waals surface area contributed by atoms with E-state index in [1.54, 1.807) is 12.1 Å². The van der Waals surface area contributed by atoms with E-state index in [1.165, 1.54) is 12.1 Å². The quantitative estimate of drug-likeness (QED) is 0.843.